The maximum absolute atomic E-state index is 11.1. The minimum absolute atomic E-state index is 0.202. The molecule has 0 atom stereocenters. The number of nitrogens with zero attached hydrogens (tertiary/aromatic N) is 2. The lowest BCUT2D eigenvalue weighted by molar-refractivity contribution is 0.0696. The van der Waals surface area contributed by atoms with Crippen LogP contribution in [0.15, 0.2) is 42.5 Å². The first-order chi connectivity index (χ1) is 12.1. The van der Waals surface area contributed by atoms with Gasteiger partial charge >= 0.3 is 5.97 Å². The van der Waals surface area contributed by atoms with Gasteiger partial charge in [0.05, 0.1) is 12.1 Å². The summed E-state index contributed by atoms with van der Waals surface area (Å²) in [5, 5.41) is 16.2. The molecule has 0 saturated carbocycles. The largest absolute Gasteiger partial charge is 0.478 e. The third-order valence-corrected chi connectivity index (χ3v) is 4.22. The molecule has 2 aromatic carbocycles. The van der Waals surface area contributed by atoms with Gasteiger partial charge < -0.3 is 14.6 Å². The number of rotatable bonds is 4. The highest BCUT2D eigenvalue weighted by Gasteiger charge is 2.17. The number of hydrogen-bond donors (Lipinski definition) is 2. The summed E-state index contributed by atoms with van der Waals surface area (Å²) >= 11 is 5.33. The first-order valence-electron chi connectivity index (χ1n) is 7.49. The molecule has 0 amide bonds. The number of aromatic amines is 1. The van der Waals surface area contributed by atoms with E-state index >= 15 is 0 Å². The van der Waals surface area contributed by atoms with Crippen LogP contribution in [0.1, 0.15) is 15.9 Å². The summed E-state index contributed by atoms with van der Waals surface area (Å²) in [6.45, 7) is 0.605. The van der Waals surface area contributed by atoms with Crippen LogP contribution in [0.4, 0.5) is 0 Å². The number of hydrogen-bond acceptors (Lipinski definition) is 5. The summed E-state index contributed by atoms with van der Waals surface area (Å²) < 4.78 is 13.0. The number of carboxylic acid groups (broad SMARTS) is 1. The maximum Gasteiger partial charge on any atom is 0.335 e. The number of fused-ring (bicyclic) bond motifs is 1. The molecular weight excluding hydrogens is 342 g/mol. The van der Waals surface area contributed by atoms with Crippen LogP contribution in [0.3, 0.4) is 0 Å². The summed E-state index contributed by atoms with van der Waals surface area (Å²) in [4.78, 5) is 11.1. The molecule has 0 aliphatic carbocycles. The molecule has 2 N–H and O–H groups in total. The van der Waals surface area contributed by atoms with Gasteiger partial charge in [0.15, 0.2) is 22.1 Å². The van der Waals surface area contributed by atoms with Crippen LogP contribution in [0, 0.1) is 4.77 Å². The van der Waals surface area contributed by atoms with Crippen molar-refractivity contribution < 1.29 is 19.4 Å². The zero-order chi connectivity index (χ0) is 17.4. The zero-order valence-electron chi connectivity index (χ0n) is 12.9. The molecule has 1 aliphatic heterocycles. The van der Waals surface area contributed by atoms with Crippen molar-refractivity contribution in [3.63, 3.8) is 0 Å². The van der Waals surface area contributed by atoms with Crippen LogP contribution in [-0.2, 0) is 6.54 Å². The van der Waals surface area contributed by atoms with Crippen LogP contribution in [0.2, 0.25) is 0 Å². The van der Waals surface area contributed by atoms with Gasteiger partial charge in [-0.05, 0) is 48.1 Å². The molecule has 0 spiro atoms. The molecule has 2 heterocycles. The van der Waals surface area contributed by atoms with Gasteiger partial charge in [-0.25, -0.2) is 4.79 Å². The van der Waals surface area contributed by atoms with Crippen LogP contribution in [0.25, 0.3) is 11.4 Å². The second-order valence-electron chi connectivity index (χ2n) is 5.51. The Labute approximate surface area is 147 Å². The van der Waals surface area contributed by atoms with E-state index in [-0.39, 0.29) is 12.4 Å². The van der Waals surface area contributed by atoms with Gasteiger partial charge in [-0.2, -0.15) is 5.10 Å². The Bertz CT molecular complexity index is 1020. The topological polar surface area (TPSA) is 89.4 Å². The van der Waals surface area contributed by atoms with Crippen molar-refractivity contribution in [2.24, 2.45) is 0 Å². The van der Waals surface area contributed by atoms with E-state index < -0.39 is 5.97 Å². The molecule has 126 valence electrons. The molecule has 0 bridgehead atoms. The van der Waals surface area contributed by atoms with E-state index in [0.717, 1.165) is 11.1 Å². The van der Waals surface area contributed by atoms with Crippen molar-refractivity contribution in [2.75, 3.05) is 6.79 Å². The standard InChI is InChI=1S/C17H13N3O4S/c21-16(22)12-3-1-2-10(6-12)8-20-15(18-19-17(20)25)11-4-5-13-14(7-11)24-9-23-13/h1-7H,8-9H2,(H,19,25)(H,21,22). The fourth-order valence-corrected chi connectivity index (χ4v) is 2.90. The first kappa shape index (κ1) is 15.4. The number of nitrogens with one attached hydrogen (secondary N) is 1. The summed E-state index contributed by atoms with van der Waals surface area (Å²) in [5.74, 6) is 1.03. The van der Waals surface area contributed by atoms with Crippen LogP contribution in [-0.4, -0.2) is 32.6 Å². The van der Waals surface area contributed by atoms with E-state index in [1.807, 2.05) is 28.8 Å². The van der Waals surface area contributed by atoms with Crippen molar-refractivity contribution in [3.8, 4) is 22.9 Å². The molecule has 3 aromatic rings. The quantitative estimate of drug-likeness (QED) is 0.699. The van der Waals surface area contributed by atoms with E-state index in [1.54, 1.807) is 18.2 Å². The number of ether oxygens (including phenoxy) is 2. The highest BCUT2D eigenvalue weighted by Crippen LogP contribution is 2.35. The smallest absolute Gasteiger partial charge is 0.335 e. The molecule has 8 heteroatoms. The minimum Gasteiger partial charge on any atom is -0.478 e. The SMILES string of the molecule is O=C(O)c1cccc(Cn2c(-c3ccc4c(c3)OCO4)n[nH]c2=S)c1. The van der Waals surface area contributed by atoms with Crippen molar-refractivity contribution in [2.45, 2.75) is 6.54 Å². The Hall–Kier alpha value is -3.13. The zero-order valence-corrected chi connectivity index (χ0v) is 13.7. The molecule has 4 rings (SSSR count). The number of benzene rings is 2. The predicted octanol–water partition coefficient (Wildman–Crippen LogP) is 3.08. The van der Waals surface area contributed by atoms with E-state index in [2.05, 4.69) is 10.2 Å². The minimum atomic E-state index is -0.964. The Morgan fingerprint density at radius 3 is 2.92 bits per heavy atom. The predicted molar refractivity (Wildman–Crippen MR) is 91.5 cm³/mol. The molecule has 0 radical (unpaired) electrons. The highest BCUT2D eigenvalue weighted by molar-refractivity contribution is 7.71. The second kappa shape index (κ2) is 6.06. The number of carboxylic acids is 1. The van der Waals surface area contributed by atoms with Crippen molar-refractivity contribution >= 4 is 18.2 Å². The summed E-state index contributed by atoms with van der Waals surface area (Å²) in [6.07, 6.45) is 0. The van der Waals surface area contributed by atoms with Gasteiger partial charge in [0.25, 0.3) is 0 Å². The Balaban J connectivity index is 1.72. The van der Waals surface area contributed by atoms with Gasteiger partial charge in [0.1, 0.15) is 0 Å². The Morgan fingerprint density at radius 1 is 1.24 bits per heavy atom. The van der Waals surface area contributed by atoms with E-state index in [1.165, 1.54) is 0 Å². The van der Waals surface area contributed by atoms with Crippen LogP contribution < -0.4 is 9.47 Å². The Morgan fingerprint density at radius 2 is 2.08 bits per heavy atom. The van der Waals surface area contributed by atoms with E-state index in [9.17, 15) is 4.79 Å². The second-order valence-corrected chi connectivity index (χ2v) is 5.90. The first-order valence-corrected chi connectivity index (χ1v) is 7.90. The molecule has 25 heavy (non-hydrogen) atoms. The van der Waals surface area contributed by atoms with Crippen molar-refractivity contribution in [1.29, 1.82) is 0 Å². The molecule has 0 unspecified atom stereocenters. The summed E-state index contributed by atoms with van der Waals surface area (Å²) in [7, 11) is 0. The lowest BCUT2D eigenvalue weighted by Crippen LogP contribution is -2.04. The number of carbonyl (C=O) groups is 1. The summed E-state index contributed by atoms with van der Waals surface area (Å²) in [6, 6.07) is 12.3. The summed E-state index contributed by atoms with van der Waals surface area (Å²) in [5.41, 5.74) is 1.88. The number of H-pyrrole nitrogens is 1. The molecule has 7 nitrogen and oxygen atoms in total. The third-order valence-electron chi connectivity index (χ3n) is 3.90. The average Bonchev–Trinajstić information content (AvgIpc) is 3.22. The van der Waals surface area contributed by atoms with Crippen LogP contribution in [0.5, 0.6) is 11.5 Å². The monoisotopic (exact) mass is 355 g/mol. The molecule has 1 aliphatic rings. The van der Waals surface area contributed by atoms with Gasteiger partial charge in [0.2, 0.25) is 6.79 Å². The number of aromatic carboxylic acids is 1. The van der Waals surface area contributed by atoms with Gasteiger partial charge in [-0.1, -0.05) is 12.1 Å². The molecule has 0 fully saturated rings. The van der Waals surface area contributed by atoms with Crippen molar-refractivity contribution in [3.05, 3.63) is 58.4 Å². The average molecular weight is 355 g/mol. The number of aromatic nitrogens is 3. The van der Waals surface area contributed by atoms with Gasteiger partial charge in [-0.3, -0.25) is 9.67 Å². The lowest BCUT2D eigenvalue weighted by Gasteiger charge is -2.08. The molecule has 1 aromatic heterocycles. The highest BCUT2D eigenvalue weighted by atomic mass is 32.1. The van der Waals surface area contributed by atoms with Gasteiger partial charge in [0, 0.05) is 5.56 Å². The van der Waals surface area contributed by atoms with E-state index in [4.69, 9.17) is 26.8 Å². The molecule has 0 saturated heterocycles. The van der Waals surface area contributed by atoms with Gasteiger partial charge in [-0.15, -0.1) is 0 Å². The fraction of sp³-hybridized carbons (Fsp3) is 0.118. The fourth-order valence-electron chi connectivity index (χ4n) is 2.71. The van der Waals surface area contributed by atoms with E-state index in [0.29, 0.717) is 28.6 Å². The normalized spacial score (nSPS) is 12.3. The van der Waals surface area contributed by atoms with Crippen LogP contribution >= 0.6 is 12.2 Å². The third kappa shape index (κ3) is 2.87. The lowest BCUT2D eigenvalue weighted by atomic mass is 10.1. The van der Waals surface area contributed by atoms with Crippen molar-refractivity contribution in [1.82, 2.24) is 14.8 Å². The molecular formula is C17H13N3O4S. The maximum atomic E-state index is 11.1. The Kier molecular flexibility index (Phi) is 3.73.